The molecule has 1 unspecified atom stereocenters. The monoisotopic (exact) mass is 256 g/mol. The molecule has 2 aliphatic heterocycles. The SMILES string of the molecule is CCCN1CCC(NCC2(OC)CCOC2)CC1. The van der Waals surface area contributed by atoms with Gasteiger partial charge in [-0.25, -0.2) is 0 Å². The van der Waals surface area contributed by atoms with Crippen molar-refractivity contribution in [3.05, 3.63) is 0 Å². The van der Waals surface area contributed by atoms with E-state index in [1.165, 1.54) is 38.9 Å². The van der Waals surface area contributed by atoms with Gasteiger partial charge in [-0.05, 0) is 38.9 Å². The first kappa shape index (κ1) is 14.3. The lowest BCUT2D eigenvalue weighted by molar-refractivity contribution is -0.0187. The van der Waals surface area contributed by atoms with Gasteiger partial charge in [0.15, 0.2) is 0 Å². The first-order chi connectivity index (χ1) is 8.78. The molecule has 2 heterocycles. The van der Waals surface area contributed by atoms with Crippen LogP contribution in [0.1, 0.15) is 32.6 Å². The van der Waals surface area contributed by atoms with Crippen LogP contribution in [0.4, 0.5) is 0 Å². The van der Waals surface area contributed by atoms with Crippen molar-refractivity contribution in [3.8, 4) is 0 Å². The van der Waals surface area contributed by atoms with Crippen molar-refractivity contribution in [2.24, 2.45) is 0 Å². The molecular weight excluding hydrogens is 228 g/mol. The first-order valence-corrected chi connectivity index (χ1v) is 7.36. The largest absolute Gasteiger partial charge is 0.378 e. The highest BCUT2D eigenvalue weighted by Crippen LogP contribution is 2.22. The third-order valence-corrected chi connectivity index (χ3v) is 4.34. The maximum Gasteiger partial charge on any atom is 0.106 e. The molecule has 18 heavy (non-hydrogen) atoms. The van der Waals surface area contributed by atoms with E-state index in [9.17, 15) is 0 Å². The second-order valence-corrected chi connectivity index (χ2v) is 5.69. The molecule has 2 aliphatic rings. The Morgan fingerprint density at radius 1 is 1.39 bits per heavy atom. The fourth-order valence-electron chi connectivity index (χ4n) is 2.97. The van der Waals surface area contributed by atoms with E-state index in [-0.39, 0.29) is 5.60 Å². The zero-order valence-corrected chi connectivity index (χ0v) is 11.9. The lowest BCUT2D eigenvalue weighted by atomic mass is 10.00. The molecular formula is C14H28N2O2. The molecule has 1 atom stereocenters. The van der Waals surface area contributed by atoms with Gasteiger partial charge in [-0.3, -0.25) is 0 Å². The summed E-state index contributed by atoms with van der Waals surface area (Å²) in [6, 6.07) is 0.658. The number of nitrogens with one attached hydrogen (secondary N) is 1. The second-order valence-electron chi connectivity index (χ2n) is 5.69. The smallest absolute Gasteiger partial charge is 0.106 e. The molecule has 4 nitrogen and oxygen atoms in total. The van der Waals surface area contributed by atoms with Crippen molar-refractivity contribution in [1.82, 2.24) is 10.2 Å². The van der Waals surface area contributed by atoms with E-state index in [0.29, 0.717) is 6.04 Å². The Kier molecular flexibility index (Phi) is 5.42. The van der Waals surface area contributed by atoms with Crippen molar-refractivity contribution >= 4 is 0 Å². The summed E-state index contributed by atoms with van der Waals surface area (Å²) in [7, 11) is 1.81. The van der Waals surface area contributed by atoms with Gasteiger partial charge in [-0.1, -0.05) is 6.92 Å². The van der Waals surface area contributed by atoms with E-state index in [1.54, 1.807) is 7.11 Å². The molecule has 0 radical (unpaired) electrons. The van der Waals surface area contributed by atoms with Crippen LogP contribution < -0.4 is 5.32 Å². The fraction of sp³-hybridized carbons (Fsp3) is 1.00. The average molecular weight is 256 g/mol. The van der Waals surface area contributed by atoms with Crippen LogP contribution >= 0.6 is 0 Å². The van der Waals surface area contributed by atoms with Crippen molar-refractivity contribution in [1.29, 1.82) is 0 Å². The highest BCUT2D eigenvalue weighted by atomic mass is 16.5. The van der Waals surface area contributed by atoms with Crippen LogP contribution in [0.25, 0.3) is 0 Å². The second kappa shape index (κ2) is 6.85. The van der Waals surface area contributed by atoms with E-state index in [2.05, 4.69) is 17.1 Å². The minimum absolute atomic E-state index is 0.0689. The summed E-state index contributed by atoms with van der Waals surface area (Å²) in [5, 5.41) is 3.69. The fourth-order valence-corrected chi connectivity index (χ4v) is 2.97. The highest BCUT2D eigenvalue weighted by Gasteiger charge is 2.35. The Morgan fingerprint density at radius 3 is 2.72 bits per heavy atom. The maximum atomic E-state index is 5.65. The molecule has 1 N–H and O–H groups in total. The Labute approximate surface area is 111 Å². The summed E-state index contributed by atoms with van der Waals surface area (Å²) < 4.78 is 11.1. The molecule has 0 spiro atoms. The van der Waals surface area contributed by atoms with Crippen LogP contribution in [0.5, 0.6) is 0 Å². The average Bonchev–Trinajstić information content (AvgIpc) is 2.88. The van der Waals surface area contributed by atoms with Gasteiger partial charge in [0, 0.05) is 32.7 Å². The molecule has 2 rings (SSSR count). The van der Waals surface area contributed by atoms with Gasteiger partial charge in [0.2, 0.25) is 0 Å². The van der Waals surface area contributed by atoms with E-state index in [1.807, 2.05) is 0 Å². The summed E-state index contributed by atoms with van der Waals surface area (Å²) in [5.41, 5.74) is -0.0689. The molecule has 0 aromatic heterocycles. The Hall–Kier alpha value is -0.160. The molecule has 0 amide bonds. The van der Waals surface area contributed by atoms with E-state index < -0.39 is 0 Å². The van der Waals surface area contributed by atoms with Gasteiger partial charge in [0.25, 0.3) is 0 Å². The molecule has 106 valence electrons. The van der Waals surface area contributed by atoms with E-state index in [0.717, 1.165) is 26.2 Å². The van der Waals surface area contributed by atoms with Crippen molar-refractivity contribution in [3.63, 3.8) is 0 Å². The van der Waals surface area contributed by atoms with Crippen LogP contribution in [-0.4, -0.2) is 63.0 Å². The van der Waals surface area contributed by atoms with Crippen molar-refractivity contribution in [2.45, 2.75) is 44.2 Å². The molecule has 0 saturated carbocycles. The topological polar surface area (TPSA) is 33.7 Å². The van der Waals surface area contributed by atoms with Gasteiger partial charge in [-0.15, -0.1) is 0 Å². The van der Waals surface area contributed by atoms with Gasteiger partial charge in [-0.2, -0.15) is 0 Å². The summed E-state index contributed by atoms with van der Waals surface area (Å²) in [4.78, 5) is 2.57. The lowest BCUT2D eigenvalue weighted by Gasteiger charge is -2.34. The number of nitrogens with zero attached hydrogens (tertiary/aromatic N) is 1. The summed E-state index contributed by atoms with van der Waals surface area (Å²) in [5.74, 6) is 0. The number of ether oxygens (including phenoxy) is 2. The minimum atomic E-state index is -0.0689. The first-order valence-electron chi connectivity index (χ1n) is 7.36. The normalized spacial score (nSPS) is 31.0. The van der Waals surface area contributed by atoms with Crippen LogP contribution in [0, 0.1) is 0 Å². The summed E-state index contributed by atoms with van der Waals surface area (Å²) in [6.07, 6.45) is 4.81. The molecule has 2 fully saturated rings. The highest BCUT2D eigenvalue weighted by molar-refractivity contribution is 4.89. The molecule has 2 saturated heterocycles. The third kappa shape index (κ3) is 3.67. The molecule has 0 aromatic carbocycles. The predicted molar refractivity (Wildman–Crippen MR) is 72.9 cm³/mol. The van der Waals surface area contributed by atoms with E-state index >= 15 is 0 Å². The summed E-state index contributed by atoms with van der Waals surface area (Å²) >= 11 is 0. The zero-order valence-electron chi connectivity index (χ0n) is 11.9. The van der Waals surface area contributed by atoms with Gasteiger partial charge < -0.3 is 19.7 Å². The summed E-state index contributed by atoms with van der Waals surface area (Å²) in [6.45, 7) is 8.50. The number of likely N-dealkylation sites (tertiary alicyclic amines) is 1. The Morgan fingerprint density at radius 2 is 2.17 bits per heavy atom. The van der Waals surface area contributed by atoms with Crippen molar-refractivity contribution in [2.75, 3.05) is 46.5 Å². The predicted octanol–water partition coefficient (Wildman–Crippen LogP) is 1.26. The van der Waals surface area contributed by atoms with Crippen LogP contribution in [0.2, 0.25) is 0 Å². The molecule has 0 bridgehead atoms. The number of piperidine rings is 1. The Bertz CT molecular complexity index is 234. The number of methoxy groups -OCH3 is 1. The van der Waals surface area contributed by atoms with E-state index in [4.69, 9.17) is 9.47 Å². The number of hydrogen-bond donors (Lipinski definition) is 1. The lowest BCUT2D eigenvalue weighted by Crippen LogP contribution is -2.49. The molecule has 0 aliphatic carbocycles. The zero-order chi connectivity index (χ0) is 12.8. The Balaban J connectivity index is 1.68. The number of rotatable bonds is 6. The van der Waals surface area contributed by atoms with Gasteiger partial charge >= 0.3 is 0 Å². The van der Waals surface area contributed by atoms with Crippen molar-refractivity contribution < 1.29 is 9.47 Å². The minimum Gasteiger partial charge on any atom is -0.378 e. The van der Waals surface area contributed by atoms with Gasteiger partial charge in [0.1, 0.15) is 5.60 Å². The number of hydrogen-bond acceptors (Lipinski definition) is 4. The quantitative estimate of drug-likeness (QED) is 0.775. The van der Waals surface area contributed by atoms with Crippen LogP contribution in [-0.2, 0) is 9.47 Å². The van der Waals surface area contributed by atoms with Gasteiger partial charge in [0.05, 0.1) is 6.61 Å². The molecule has 0 aromatic rings. The molecule has 4 heteroatoms. The van der Waals surface area contributed by atoms with Crippen LogP contribution in [0.15, 0.2) is 0 Å². The third-order valence-electron chi connectivity index (χ3n) is 4.34. The standard InChI is InChI=1S/C14H28N2O2/c1-3-7-16-8-4-13(5-9-16)15-11-14(17-2)6-10-18-12-14/h13,15H,3-12H2,1-2H3. The van der Waals surface area contributed by atoms with Crippen LogP contribution in [0.3, 0.4) is 0 Å². The maximum absolute atomic E-state index is 5.65.